The molecule has 0 bridgehead atoms. The van der Waals surface area contributed by atoms with Gasteiger partial charge in [0.25, 0.3) is 0 Å². The van der Waals surface area contributed by atoms with Gasteiger partial charge in [0.2, 0.25) is 5.91 Å². The first-order chi connectivity index (χ1) is 14.1. The van der Waals surface area contributed by atoms with E-state index in [1.807, 2.05) is 36.4 Å². The first kappa shape index (κ1) is 21.9. The molecule has 1 N–H and O–H groups in total. The molecule has 4 nitrogen and oxygen atoms in total. The molecule has 0 saturated carbocycles. The first-order valence-corrected chi connectivity index (χ1v) is 11.1. The van der Waals surface area contributed by atoms with Gasteiger partial charge in [-0.25, -0.2) is 0 Å². The number of carbonyl (C=O) groups is 1. The predicted octanol–water partition coefficient (Wildman–Crippen LogP) is 5.83. The Morgan fingerprint density at radius 1 is 1.00 bits per heavy atom. The SMILES string of the molecule is CCCCCC(=O)Nc1ccc(N2CCN(Cc3ccccc3Cl)CC2)c(Cl)c1. The Morgan fingerprint density at radius 2 is 1.76 bits per heavy atom. The summed E-state index contributed by atoms with van der Waals surface area (Å²) in [5, 5.41) is 4.45. The molecule has 3 rings (SSSR count). The number of piperazine rings is 1. The van der Waals surface area contributed by atoms with E-state index in [0.717, 1.165) is 68.4 Å². The van der Waals surface area contributed by atoms with E-state index >= 15 is 0 Å². The van der Waals surface area contributed by atoms with Crippen LogP contribution in [0.15, 0.2) is 42.5 Å². The Kier molecular flexibility index (Phi) is 8.22. The normalized spacial score (nSPS) is 14.8. The van der Waals surface area contributed by atoms with Crippen molar-refractivity contribution in [2.75, 3.05) is 36.4 Å². The number of anilines is 2. The lowest BCUT2D eigenvalue weighted by molar-refractivity contribution is -0.116. The summed E-state index contributed by atoms with van der Waals surface area (Å²) in [6.07, 6.45) is 3.67. The first-order valence-electron chi connectivity index (χ1n) is 10.4. The van der Waals surface area contributed by atoms with Gasteiger partial charge in [0.15, 0.2) is 0 Å². The number of carbonyl (C=O) groups excluding carboxylic acids is 1. The lowest BCUT2D eigenvalue weighted by Gasteiger charge is -2.36. The van der Waals surface area contributed by atoms with Gasteiger partial charge in [-0.2, -0.15) is 0 Å². The second-order valence-corrected chi connectivity index (χ2v) is 8.34. The van der Waals surface area contributed by atoms with Crippen LogP contribution in [0.1, 0.15) is 38.2 Å². The number of rotatable bonds is 8. The third-order valence-electron chi connectivity index (χ3n) is 5.30. The van der Waals surface area contributed by atoms with E-state index in [0.29, 0.717) is 11.4 Å². The van der Waals surface area contributed by atoms with Gasteiger partial charge >= 0.3 is 0 Å². The third kappa shape index (κ3) is 6.36. The van der Waals surface area contributed by atoms with Crippen molar-refractivity contribution in [3.8, 4) is 0 Å². The lowest BCUT2D eigenvalue weighted by atomic mass is 10.1. The minimum Gasteiger partial charge on any atom is -0.368 e. The maximum Gasteiger partial charge on any atom is 0.224 e. The van der Waals surface area contributed by atoms with Gasteiger partial charge in [-0.15, -0.1) is 0 Å². The number of hydrogen-bond acceptors (Lipinski definition) is 3. The van der Waals surface area contributed by atoms with Crippen LogP contribution in [0.5, 0.6) is 0 Å². The minimum atomic E-state index is 0.0513. The zero-order chi connectivity index (χ0) is 20.6. The van der Waals surface area contributed by atoms with E-state index < -0.39 is 0 Å². The number of nitrogens with zero attached hydrogens (tertiary/aromatic N) is 2. The molecule has 0 spiro atoms. The Bertz CT molecular complexity index is 820. The molecule has 1 aliphatic heterocycles. The van der Waals surface area contributed by atoms with Crippen molar-refractivity contribution in [3.05, 3.63) is 58.1 Å². The third-order valence-corrected chi connectivity index (χ3v) is 5.98. The summed E-state index contributed by atoms with van der Waals surface area (Å²) < 4.78 is 0. The van der Waals surface area contributed by atoms with Crippen molar-refractivity contribution in [3.63, 3.8) is 0 Å². The number of unbranched alkanes of at least 4 members (excludes halogenated alkanes) is 2. The van der Waals surface area contributed by atoms with Crippen LogP contribution < -0.4 is 10.2 Å². The highest BCUT2D eigenvalue weighted by Gasteiger charge is 2.20. The Labute approximate surface area is 183 Å². The number of benzene rings is 2. The van der Waals surface area contributed by atoms with Crippen LogP contribution in [0.4, 0.5) is 11.4 Å². The Hall–Kier alpha value is -1.75. The molecular formula is C23H29Cl2N3O. The molecule has 29 heavy (non-hydrogen) atoms. The molecule has 156 valence electrons. The van der Waals surface area contributed by atoms with E-state index in [1.54, 1.807) is 0 Å². The molecule has 1 heterocycles. The minimum absolute atomic E-state index is 0.0513. The maximum atomic E-state index is 12.0. The summed E-state index contributed by atoms with van der Waals surface area (Å²) in [5.74, 6) is 0.0513. The monoisotopic (exact) mass is 433 g/mol. The van der Waals surface area contributed by atoms with Crippen LogP contribution in [0.2, 0.25) is 10.0 Å². The molecule has 1 fully saturated rings. The Balaban J connectivity index is 1.52. The number of hydrogen-bond donors (Lipinski definition) is 1. The van der Waals surface area contributed by atoms with Crippen LogP contribution >= 0.6 is 23.2 Å². The molecule has 6 heteroatoms. The summed E-state index contributed by atoms with van der Waals surface area (Å²) in [4.78, 5) is 16.7. The van der Waals surface area contributed by atoms with Gasteiger partial charge in [-0.05, 0) is 36.2 Å². The van der Waals surface area contributed by atoms with Crippen molar-refractivity contribution >= 4 is 40.5 Å². The molecule has 1 amide bonds. The maximum absolute atomic E-state index is 12.0. The highest BCUT2D eigenvalue weighted by molar-refractivity contribution is 6.33. The topological polar surface area (TPSA) is 35.6 Å². The highest BCUT2D eigenvalue weighted by atomic mass is 35.5. The number of nitrogens with one attached hydrogen (secondary N) is 1. The Morgan fingerprint density at radius 3 is 2.45 bits per heavy atom. The second-order valence-electron chi connectivity index (χ2n) is 7.53. The fourth-order valence-corrected chi connectivity index (χ4v) is 4.11. The van der Waals surface area contributed by atoms with Crippen LogP contribution in [-0.2, 0) is 11.3 Å². The molecule has 0 atom stereocenters. The van der Waals surface area contributed by atoms with Crippen LogP contribution in [0, 0.1) is 0 Å². The fraction of sp³-hybridized carbons (Fsp3) is 0.435. The second kappa shape index (κ2) is 10.9. The van der Waals surface area contributed by atoms with E-state index in [2.05, 4.69) is 28.1 Å². The number of amides is 1. The molecule has 0 radical (unpaired) electrons. The molecule has 0 aromatic heterocycles. The van der Waals surface area contributed by atoms with Crippen LogP contribution in [0.3, 0.4) is 0 Å². The predicted molar refractivity (Wildman–Crippen MR) is 123 cm³/mol. The molecule has 2 aromatic carbocycles. The average Bonchev–Trinajstić information content (AvgIpc) is 2.71. The molecule has 2 aromatic rings. The van der Waals surface area contributed by atoms with Crippen LogP contribution in [0.25, 0.3) is 0 Å². The van der Waals surface area contributed by atoms with Crippen molar-refractivity contribution in [1.29, 1.82) is 0 Å². The van der Waals surface area contributed by atoms with Gasteiger partial charge in [0, 0.05) is 49.9 Å². The van der Waals surface area contributed by atoms with E-state index in [-0.39, 0.29) is 5.91 Å². The van der Waals surface area contributed by atoms with Gasteiger partial charge in [0.1, 0.15) is 0 Å². The van der Waals surface area contributed by atoms with Crippen molar-refractivity contribution < 1.29 is 4.79 Å². The van der Waals surface area contributed by atoms with Crippen molar-refractivity contribution in [2.24, 2.45) is 0 Å². The van der Waals surface area contributed by atoms with Gasteiger partial charge < -0.3 is 10.2 Å². The standard InChI is InChI=1S/C23H29Cl2N3O/c1-2-3-4-9-23(29)26-19-10-11-22(21(25)16-19)28-14-12-27(13-15-28)17-18-7-5-6-8-20(18)24/h5-8,10-11,16H,2-4,9,12-15,17H2,1H3,(H,26,29). The summed E-state index contributed by atoms with van der Waals surface area (Å²) in [6.45, 7) is 6.73. The summed E-state index contributed by atoms with van der Waals surface area (Å²) >= 11 is 12.8. The van der Waals surface area contributed by atoms with Gasteiger partial charge in [0.05, 0.1) is 10.7 Å². The average molecular weight is 434 g/mol. The van der Waals surface area contributed by atoms with Gasteiger partial charge in [-0.1, -0.05) is 61.2 Å². The molecule has 1 saturated heterocycles. The molecule has 1 aliphatic rings. The zero-order valence-electron chi connectivity index (χ0n) is 17.0. The van der Waals surface area contributed by atoms with Crippen molar-refractivity contribution in [2.45, 2.75) is 39.2 Å². The smallest absolute Gasteiger partial charge is 0.224 e. The van der Waals surface area contributed by atoms with Crippen molar-refractivity contribution in [1.82, 2.24) is 4.90 Å². The van der Waals surface area contributed by atoms with E-state index in [4.69, 9.17) is 23.2 Å². The summed E-state index contributed by atoms with van der Waals surface area (Å²) in [6, 6.07) is 13.8. The molecular weight excluding hydrogens is 405 g/mol. The van der Waals surface area contributed by atoms with E-state index in [9.17, 15) is 4.79 Å². The van der Waals surface area contributed by atoms with E-state index in [1.165, 1.54) is 5.56 Å². The summed E-state index contributed by atoms with van der Waals surface area (Å²) in [7, 11) is 0. The van der Waals surface area contributed by atoms with Crippen LogP contribution in [-0.4, -0.2) is 37.0 Å². The van der Waals surface area contributed by atoms with Gasteiger partial charge in [-0.3, -0.25) is 9.69 Å². The molecule has 0 aliphatic carbocycles. The summed E-state index contributed by atoms with van der Waals surface area (Å²) in [5.41, 5.74) is 2.95. The lowest BCUT2D eigenvalue weighted by Crippen LogP contribution is -2.46. The highest BCUT2D eigenvalue weighted by Crippen LogP contribution is 2.30. The largest absolute Gasteiger partial charge is 0.368 e. The molecule has 0 unspecified atom stereocenters. The number of halogens is 2. The zero-order valence-corrected chi connectivity index (χ0v) is 18.5. The quantitative estimate of drug-likeness (QED) is 0.531. The fourth-order valence-electron chi connectivity index (χ4n) is 3.61.